The summed E-state index contributed by atoms with van der Waals surface area (Å²) in [6.07, 6.45) is 0. The van der Waals surface area contributed by atoms with Crippen molar-refractivity contribution in [3.8, 4) is 23.0 Å². The number of fused-ring (bicyclic) bond motifs is 1. The molecule has 6 nitrogen and oxygen atoms in total. The molecule has 4 aromatic carbocycles. The lowest BCUT2D eigenvalue weighted by molar-refractivity contribution is 0.0759. The minimum atomic E-state index is 0.398. The van der Waals surface area contributed by atoms with Crippen molar-refractivity contribution in [2.45, 2.75) is 79.1 Å². The molecule has 48 heavy (non-hydrogen) atoms. The van der Waals surface area contributed by atoms with E-state index < -0.39 is 0 Å². The second kappa shape index (κ2) is 18.7. The maximum atomic E-state index is 6.23. The highest BCUT2D eigenvalue weighted by Crippen LogP contribution is 2.36. The van der Waals surface area contributed by atoms with Gasteiger partial charge in [-0.2, -0.15) is 0 Å². The zero-order chi connectivity index (χ0) is 34.5. The topological polar surface area (TPSA) is 55.4 Å². The first-order valence-corrected chi connectivity index (χ1v) is 17.6. The highest BCUT2D eigenvalue weighted by Gasteiger charge is 2.16. The van der Waals surface area contributed by atoms with Crippen molar-refractivity contribution < 1.29 is 28.4 Å². The molecule has 0 unspecified atom stereocenters. The SMILES string of the molecule is CC(C)c1cccc(C(C)C)c1OCCOCCOc1cccc2c(OCCOCCOc3c(C(C)C)cccc3C(C)C)cccc12. The molecule has 0 bridgehead atoms. The van der Waals surface area contributed by atoms with Crippen molar-refractivity contribution in [1.82, 2.24) is 0 Å². The fourth-order valence-corrected chi connectivity index (χ4v) is 5.83. The second-order valence-electron chi connectivity index (χ2n) is 13.4. The molecule has 0 aliphatic heterocycles. The molecule has 0 amide bonds. The molecule has 0 aliphatic carbocycles. The Hall–Kier alpha value is -3.74. The third kappa shape index (κ3) is 10.1. The molecule has 0 fully saturated rings. The number of rotatable bonds is 20. The summed E-state index contributed by atoms with van der Waals surface area (Å²) in [6, 6.07) is 24.9. The number of para-hydroxylation sites is 2. The van der Waals surface area contributed by atoms with E-state index in [-0.39, 0.29) is 0 Å². The van der Waals surface area contributed by atoms with Crippen molar-refractivity contribution in [3.05, 3.63) is 95.1 Å². The lowest BCUT2D eigenvalue weighted by Crippen LogP contribution is -2.14. The lowest BCUT2D eigenvalue weighted by Gasteiger charge is -2.20. The lowest BCUT2D eigenvalue weighted by atomic mass is 9.94. The maximum Gasteiger partial charge on any atom is 0.127 e. The van der Waals surface area contributed by atoms with Gasteiger partial charge in [0.25, 0.3) is 0 Å². The smallest absolute Gasteiger partial charge is 0.127 e. The van der Waals surface area contributed by atoms with Gasteiger partial charge in [0.15, 0.2) is 0 Å². The summed E-state index contributed by atoms with van der Waals surface area (Å²) in [6.45, 7) is 21.4. The molecule has 0 aliphatic rings. The Morgan fingerprint density at radius 2 is 0.646 bits per heavy atom. The van der Waals surface area contributed by atoms with E-state index in [2.05, 4.69) is 104 Å². The zero-order valence-corrected chi connectivity index (χ0v) is 30.3. The van der Waals surface area contributed by atoms with E-state index in [9.17, 15) is 0 Å². The minimum absolute atomic E-state index is 0.398. The van der Waals surface area contributed by atoms with Crippen LogP contribution >= 0.6 is 0 Å². The molecule has 260 valence electrons. The van der Waals surface area contributed by atoms with Crippen molar-refractivity contribution >= 4 is 10.8 Å². The standard InChI is InChI=1S/C42H56O6/c1-29(2)33-13-9-14-34(30(3)4)41(33)47-27-23-43-21-25-45-39-19-11-18-38-37(39)17-12-20-40(38)46-26-22-44-24-28-48-42-35(31(5)6)15-10-16-36(42)32(7)8/h9-20,29-32H,21-28H2,1-8H3. The highest BCUT2D eigenvalue weighted by atomic mass is 16.6. The van der Waals surface area contributed by atoms with Gasteiger partial charge in [0.2, 0.25) is 0 Å². The molecule has 0 N–H and O–H groups in total. The van der Waals surface area contributed by atoms with Crippen LogP contribution in [0.25, 0.3) is 10.8 Å². The second-order valence-corrected chi connectivity index (χ2v) is 13.4. The number of benzene rings is 4. The summed E-state index contributed by atoms with van der Waals surface area (Å²) in [5.74, 6) is 5.21. The van der Waals surface area contributed by atoms with Gasteiger partial charge in [-0.05, 0) is 58.1 Å². The summed E-state index contributed by atoms with van der Waals surface area (Å²) < 4.78 is 36.5. The molecule has 0 aromatic heterocycles. The summed E-state index contributed by atoms with van der Waals surface area (Å²) in [7, 11) is 0. The highest BCUT2D eigenvalue weighted by molar-refractivity contribution is 5.93. The average Bonchev–Trinajstić information content (AvgIpc) is 3.07. The summed E-state index contributed by atoms with van der Waals surface area (Å²) >= 11 is 0. The Bertz CT molecular complexity index is 1390. The van der Waals surface area contributed by atoms with Gasteiger partial charge in [-0.25, -0.2) is 0 Å². The summed E-state index contributed by atoms with van der Waals surface area (Å²) in [5, 5.41) is 2.01. The van der Waals surface area contributed by atoms with Gasteiger partial charge in [-0.1, -0.05) is 116 Å². The largest absolute Gasteiger partial charge is 0.491 e. The van der Waals surface area contributed by atoms with Gasteiger partial charge in [0, 0.05) is 10.8 Å². The van der Waals surface area contributed by atoms with Crippen LogP contribution in [-0.4, -0.2) is 52.9 Å². The fourth-order valence-electron chi connectivity index (χ4n) is 5.83. The normalized spacial score (nSPS) is 11.7. The molecule has 0 spiro atoms. The average molecular weight is 657 g/mol. The Kier molecular flexibility index (Phi) is 14.5. The van der Waals surface area contributed by atoms with Gasteiger partial charge in [-0.3, -0.25) is 0 Å². The first kappa shape index (κ1) is 37.1. The van der Waals surface area contributed by atoms with Crippen LogP contribution in [0.15, 0.2) is 72.8 Å². The van der Waals surface area contributed by atoms with Crippen LogP contribution in [0.1, 0.15) is 101 Å². The monoisotopic (exact) mass is 656 g/mol. The van der Waals surface area contributed by atoms with Gasteiger partial charge in [0.1, 0.15) is 49.4 Å². The predicted octanol–water partition coefficient (Wildman–Crippen LogP) is 10.3. The van der Waals surface area contributed by atoms with Crippen molar-refractivity contribution in [2.75, 3.05) is 52.9 Å². The molecule has 0 atom stereocenters. The molecule has 0 heterocycles. The van der Waals surface area contributed by atoms with Crippen LogP contribution in [0.4, 0.5) is 0 Å². The van der Waals surface area contributed by atoms with E-state index in [0.717, 1.165) is 33.8 Å². The van der Waals surface area contributed by atoms with Gasteiger partial charge in [-0.15, -0.1) is 0 Å². The Labute approximate surface area is 288 Å². The van der Waals surface area contributed by atoms with Gasteiger partial charge in [0.05, 0.1) is 26.4 Å². The van der Waals surface area contributed by atoms with Crippen LogP contribution in [-0.2, 0) is 9.47 Å². The van der Waals surface area contributed by atoms with E-state index >= 15 is 0 Å². The fraction of sp³-hybridized carbons (Fsp3) is 0.476. The third-order valence-electron chi connectivity index (χ3n) is 8.40. The van der Waals surface area contributed by atoms with E-state index in [0.29, 0.717) is 76.5 Å². The summed E-state index contributed by atoms with van der Waals surface area (Å²) in [5.41, 5.74) is 4.96. The molecular formula is C42H56O6. The van der Waals surface area contributed by atoms with Gasteiger partial charge < -0.3 is 28.4 Å². The van der Waals surface area contributed by atoms with Crippen LogP contribution < -0.4 is 18.9 Å². The van der Waals surface area contributed by atoms with Gasteiger partial charge >= 0.3 is 0 Å². The van der Waals surface area contributed by atoms with Crippen LogP contribution in [0.2, 0.25) is 0 Å². The molecule has 4 rings (SSSR count). The Morgan fingerprint density at radius 3 is 0.958 bits per heavy atom. The van der Waals surface area contributed by atoms with E-state index in [1.54, 1.807) is 0 Å². The van der Waals surface area contributed by atoms with Crippen LogP contribution in [0.5, 0.6) is 23.0 Å². The van der Waals surface area contributed by atoms with E-state index in [1.807, 2.05) is 24.3 Å². The van der Waals surface area contributed by atoms with Crippen LogP contribution in [0.3, 0.4) is 0 Å². The number of ether oxygens (including phenoxy) is 6. The molecular weight excluding hydrogens is 600 g/mol. The zero-order valence-electron chi connectivity index (χ0n) is 30.3. The quantitative estimate of drug-likeness (QED) is 0.0883. The molecule has 0 radical (unpaired) electrons. The third-order valence-corrected chi connectivity index (χ3v) is 8.40. The Balaban J connectivity index is 1.19. The van der Waals surface area contributed by atoms with Crippen LogP contribution in [0, 0.1) is 0 Å². The molecule has 6 heteroatoms. The molecule has 0 saturated carbocycles. The number of hydrogen-bond acceptors (Lipinski definition) is 6. The first-order chi connectivity index (χ1) is 23.2. The first-order valence-electron chi connectivity index (χ1n) is 17.6. The van der Waals surface area contributed by atoms with E-state index in [1.165, 1.54) is 22.3 Å². The van der Waals surface area contributed by atoms with Crippen molar-refractivity contribution in [2.24, 2.45) is 0 Å². The molecule has 4 aromatic rings. The minimum Gasteiger partial charge on any atom is -0.491 e. The van der Waals surface area contributed by atoms with Crippen molar-refractivity contribution in [3.63, 3.8) is 0 Å². The Morgan fingerprint density at radius 1 is 0.354 bits per heavy atom. The predicted molar refractivity (Wildman–Crippen MR) is 197 cm³/mol. The maximum absolute atomic E-state index is 6.23. The summed E-state index contributed by atoms with van der Waals surface area (Å²) in [4.78, 5) is 0. The molecule has 0 saturated heterocycles. The van der Waals surface area contributed by atoms with Crippen molar-refractivity contribution in [1.29, 1.82) is 0 Å². The number of hydrogen-bond donors (Lipinski definition) is 0. The van der Waals surface area contributed by atoms with E-state index in [4.69, 9.17) is 28.4 Å².